The molecule has 3 aromatic rings. The molecule has 0 aliphatic carbocycles. The highest BCUT2D eigenvalue weighted by atomic mass is 79.9. The van der Waals surface area contributed by atoms with Crippen LogP contribution in [0.2, 0.25) is 0 Å². The molecule has 1 heterocycles. The van der Waals surface area contributed by atoms with Gasteiger partial charge in [-0.25, -0.2) is 4.98 Å². The smallest absolute Gasteiger partial charge is 0.204 e. The number of aromatic hydroxyl groups is 1. The lowest BCUT2D eigenvalue weighted by molar-refractivity contribution is 0.373. The van der Waals surface area contributed by atoms with Crippen molar-refractivity contribution in [2.75, 3.05) is 12.5 Å². The Balaban J connectivity index is 1.81. The summed E-state index contributed by atoms with van der Waals surface area (Å²) in [4.78, 5) is 4.41. The summed E-state index contributed by atoms with van der Waals surface area (Å²) in [7, 11) is 1.50. The highest BCUT2D eigenvalue weighted by Gasteiger charge is 2.08. The summed E-state index contributed by atoms with van der Waals surface area (Å²) < 4.78 is 6.98. The molecule has 0 bridgehead atoms. The van der Waals surface area contributed by atoms with E-state index >= 15 is 0 Å². The molecule has 2 aromatic carbocycles. The van der Waals surface area contributed by atoms with E-state index < -0.39 is 0 Å². The van der Waals surface area contributed by atoms with Crippen LogP contribution in [0.4, 0.5) is 5.13 Å². The van der Waals surface area contributed by atoms with Gasteiger partial charge >= 0.3 is 0 Å². The van der Waals surface area contributed by atoms with Gasteiger partial charge in [-0.2, -0.15) is 5.10 Å². The van der Waals surface area contributed by atoms with Crippen molar-refractivity contribution < 1.29 is 9.84 Å². The number of anilines is 1. The van der Waals surface area contributed by atoms with E-state index in [9.17, 15) is 5.11 Å². The summed E-state index contributed by atoms with van der Waals surface area (Å²) in [5.74, 6) is 0.427. The van der Waals surface area contributed by atoms with Gasteiger partial charge in [0.15, 0.2) is 11.5 Å². The first-order valence-corrected chi connectivity index (χ1v) is 7.99. The molecule has 2 N–H and O–H groups in total. The van der Waals surface area contributed by atoms with Gasteiger partial charge in [-0.3, -0.25) is 5.43 Å². The van der Waals surface area contributed by atoms with Gasteiger partial charge in [-0.05, 0) is 24.3 Å². The SMILES string of the molecule is COc1cc(Br)cc(C=NNc2nc3ccccc3s2)c1O. The number of methoxy groups -OCH3 is 1. The minimum atomic E-state index is 0.0422. The molecule has 0 saturated heterocycles. The van der Waals surface area contributed by atoms with Gasteiger partial charge in [0.1, 0.15) is 0 Å². The minimum Gasteiger partial charge on any atom is -0.504 e. The number of hydrazone groups is 1. The van der Waals surface area contributed by atoms with Crippen LogP contribution < -0.4 is 10.2 Å². The number of aromatic nitrogens is 1. The van der Waals surface area contributed by atoms with Crippen molar-refractivity contribution >= 4 is 48.8 Å². The van der Waals surface area contributed by atoms with Crippen molar-refractivity contribution in [3.63, 3.8) is 0 Å². The lowest BCUT2D eigenvalue weighted by Crippen LogP contribution is -1.92. The molecule has 0 unspecified atom stereocenters. The normalized spacial score (nSPS) is 11.2. The number of para-hydroxylation sites is 1. The van der Waals surface area contributed by atoms with Crippen LogP contribution in [0.1, 0.15) is 5.56 Å². The van der Waals surface area contributed by atoms with Crippen LogP contribution in [0.25, 0.3) is 10.2 Å². The second-order valence-electron chi connectivity index (χ2n) is 4.40. The van der Waals surface area contributed by atoms with Gasteiger partial charge in [0.2, 0.25) is 5.13 Å². The number of hydrogen-bond donors (Lipinski definition) is 2. The second-order valence-corrected chi connectivity index (χ2v) is 6.35. The third kappa shape index (κ3) is 3.05. The molecule has 0 amide bonds. The van der Waals surface area contributed by atoms with Gasteiger partial charge in [-0.15, -0.1) is 0 Å². The number of hydrogen-bond acceptors (Lipinski definition) is 6. The van der Waals surface area contributed by atoms with E-state index in [1.807, 2.05) is 24.3 Å². The van der Waals surface area contributed by atoms with Crippen LogP contribution in [0.5, 0.6) is 11.5 Å². The second kappa shape index (κ2) is 6.33. The third-order valence-corrected chi connectivity index (χ3v) is 4.35. The number of rotatable bonds is 4. The van der Waals surface area contributed by atoms with Crippen molar-refractivity contribution in [2.24, 2.45) is 5.10 Å². The van der Waals surface area contributed by atoms with Crippen molar-refractivity contribution in [1.82, 2.24) is 4.98 Å². The lowest BCUT2D eigenvalue weighted by atomic mass is 10.2. The van der Waals surface area contributed by atoms with Crippen molar-refractivity contribution in [3.8, 4) is 11.5 Å². The Kier molecular flexibility index (Phi) is 4.26. The predicted octanol–water partition coefficient (Wildman–Crippen LogP) is 4.22. The number of fused-ring (bicyclic) bond motifs is 1. The molecule has 0 aliphatic rings. The Labute approximate surface area is 139 Å². The number of thiazole rings is 1. The summed E-state index contributed by atoms with van der Waals surface area (Å²) in [5, 5.41) is 14.9. The molecule has 112 valence electrons. The number of phenolic OH excluding ortho intramolecular Hbond substituents is 1. The summed E-state index contributed by atoms with van der Waals surface area (Å²) in [5.41, 5.74) is 4.35. The molecule has 5 nitrogen and oxygen atoms in total. The number of benzene rings is 2. The molecule has 7 heteroatoms. The standard InChI is InChI=1S/C15H12BrN3O2S/c1-21-12-7-10(16)6-9(14(12)20)8-17-19-15-18-11-4-2-3-5-13(11)22-15/h2-8,20H,1H3,(H,18,19). The number of nitrogens with one attached hydrogen (secondary N) is 1. The molecule has 0 atom stereocenters. The zero-order valence-corrected chi connectivity index (χ0v) is 14.0. The summed E-state index contributed by atoms with van der Waals surface area (Å²) in [6, 6.07) is 11.3. The summed E-state index contributed by atoms with van der Waals surface area (Å²) in [6.07, 6.45) is 1.52. The first-order valence-electron chi connectivity index (χ1n) is 6.38. The fourth-order valence-corrected chi connectivity index (χ4v) is 3.20. The van der Waals surface area contributed by atoms with E-state index in [4.69, 9.17) is 4.74 Å². The topological polar surface area (TPSA) is 66.7 Å². The first kappa shape index (κ1) is 14.8. The summed E-state index contributed by atoms with van der Waals surface area (Å²) in [6.45, 7) is 0. The zero-order chi connectivity index (χ0) is 15.5. The number of halogens is 1. The quantitative estimate of drug-likeness (QED) is 0.527. The van der Waals surface area contributed by atoms with E-state index in [-0.39, 0.29) is 5.75 Å². The third-order valence-electron chi connectivity index (χ3n) is 2.95. The minimum absolute atomic E-state index is 0.0422. The van der Waals surface area contributed by atoms with E-state index in [1.165, 1.54) is 24.7 Å². The maximum atomic E-state index is 10.0. The number of phenols is 1. The van der Waals surface area contributed by atoms with Crippen LogP contribution in [-0.2, 0) is 0 Å². The van der Waals surface area contributed by atoms with E-state index in [0.29, 0.717) is 16.4 Å². The maximum absolute atomic E-state index is 10.0. The molecule has 1 aromatic heterocycles. The molecule has 3 rings (SSSR count). The Morgan fingerprint density at radius 2 is 2.18 bits per heavy atom. The largest absolute Gasteiger partial charge is 0.504 e. The van der Waals surface area contributed by atoms with Crippen LogP contribution in [-0.4, -0.2) is 23.4 Å². The summed E-state index contributed by atoms with van der Waals surface area (Å²) >= 11 is 4.88. The van der Waals surface area contributed by atoms with Crippen LogP contribution >= 0.6 is 27.3 Å². The van der Waals surface area contributed by atoms with Crippen molar-refractivity contribution in [3.05, 3.63) is 46.4 Å². The van der Waals surface area contributed by atoms with Gasteiger partial charge in [-0.1, -0.05) is 39.4 Å². The molecule has 0 fully saturated rings. The monoisotopic (exact) mass is 377 g/mol. The zero-order valence-electron chi connectivity index (χ0n) is 11.6. The molecule has 22 heavy (non-hydrogen) atoms. The van der Waals surface area contributed by atoms with Crippen molar-refractivity contribution in [1.29, 1.82) is 0 Å². The highest BCUT2D eigenvalue weighted by molar-refractivity contribution is 9.10. The molecule has 0 aliphatic heterocycles. The Morgan fingerprint density at radius 1 is 1.36 bits per heavy atom. The van der Waals surface area contributed by atoms with Crippen molar-refractivity contribution in [2.45, 2.75) is 0 Å². The van der Waals surface area contributed by atoms with Gasteiger partial charge in [0.05, 0.1) is 23.5 Å². The first-order chi connectivity index (χ1) is 10.7. The lowest BCUT2D eigenvalue weighted by Gasteiger charge is -2.06. The maximum Gasteiger partial charge on any atom is 0.204 e. The molecule has 0 radical (unpaired) electrons. The molecular weight excluding hydrogens is 366 g/mol. The number of nitrogens with zero attached hydrogens (tertiary/aromatic N) is 2. The van der Waals surface area contributed by atoms with E-state index in [2.05, 4.69) is 31.4 Å². The Hall–Kier alpha value is -2.12. The Bertz CT molecular complexity index is 815. The highest BCUT2D eigenvalue weighted by Crippen LogP contribution is 2.32. The van der Waals surface area contributed by atoms with Crippen LogP contribution in [0.15, 0.2) is 46.0 Å². The molecular formula is C15H12BrN3O2S. The van der Waals surface area contributed by atoms with Gasteiger partial charge < -0.3 is 9.84 Å². The fourth-order valence-electron chi connectivity index (χ4n) is 1.93. The van der Waals surface area contributed by atoms with Gasteiger partial charge in [0.25, 0.3) is 0 Å². The van der Waals surface area contributed by atoms with Crippen LogP contribution in [0.3, 0.4) is 0 Å². The molecule has 0 saturated carbocycles. The predicted molar refractivity (Wildman–Crippen MR) is 93.2 cm³/mol. The average Bonchev–Trinajstić information content (AvgIpc) is 2.93. The van der Waals surface area contributed by atoms with E-state index in [1.54, 1.807) is 12.1 Å². The fraction of sp³-hybridized carbons (Fsp3) is 0.0667. The number of ether oxygens (including phenoxy) is 1. The molecule has 0 spiro atoms. The van der Waals surface area contributed by atoms with Gasteiger partial charge in [0, 0.05) is 10.0 Å². The van der Waals surface area contributed by atoms with E-state index in [0.717, 1.165) is 14.7 Å². The average molecular weight is 378 g/mol. The van der Waals surface area contributed by atoms with Crippen LogP contribution in [0, 0.1) is 0 Å². The Morgan fingerprint density at radius 3 is 2.95 bits per heavy atom.